The molecule has 3 N–H and O–H groups in total. The first-order chi connectivity index (χ1) is 9.44. The molecule has 0 saturated carbocycles. The number of nitrogens with one attached hydrogen (secondary N) is 2. The fraction of sp³-hybridized carbons (Fsp3) is 0.571. The van der Waals surface area contributed by atoms with E-state index in [9.17, 15) is 9.59 Å². The number of aliphatic hydroxyl groups is 1. The van der Waals surface area contributed by atoms with Gasteiger partial charge in [0.1, 0.15) is 0 Å². The fourth-order valence-electron chi connectivity index (χ4n) is 1.60. The molecule has 0 fully saturated rings. The zero-order valence-corrected chi connectivity index (χ0v) is 11.9. The second-order valence-corrected chi connectivity index (χ2v) is 5.40. The van der Waals surface area contributed by atoms with E-state index >= 15 is 0 Å². The second-order valence-electron chi connectivity index (χ2n) is 5.40. The number of hydrogen-bond acceptors (Lipinski definition) is 4. The summed E-state index contributed by atoms with van der Waals surface area (Å²) in [5.41, 5.74) is -0.137. The normalized spacial score (nSPS) is 11.2. The highest BCUT2D eigenvalue weighted by Crippen LogP contribution is 2.17. The van der Waals surface area contributed by atoms with Crippen molar-refractivity contribution in [2.75, 3.05) is 19.7 Å². The van der Waals surface area contributed by atoms with E-state index < -0.39 is 0 Å². The third-order valence-electron chi connectivity index (χ3n) is 2.94. The van der Waals surface area contributed by atoms with Crippen molar-refractivity contribution >= 4 is 11.8 Å². The third kappa shape index (κ3) is 5.88. The summed E-state index contributed by atoms with van der Waals surface area (Å²) >= 11 is 0. The maximum absolute atomic E-state index is 11.6. The summed E-state index contributed by atoms with van der Waals surface area (Å²) in [5, 5.41) is 14.3. The molecule has 0 aliphatic rings. The third-order valence-corrected chi connectivity index (χ3v) is 2.94. The largest absolute Gasteiger partial charge is 0.459 e. The predicted octanol–water partition coefficient (Wildman–Crippen LogP) is 0.924. The van der Waals surface area contributed by atoms with Crippen LogP contribution in [-0.2, 0) is 4.79 Å². The summed E-state index contributed by atoms with van der Waals surface area (Å²) < 4.78 is 4.94. The SMILES string of the molecule is CC(C)(CCO)CNC(=O)CCNC(=O)c1ccco1. The number of hydrogen-bond donors (Lipinski definition) is 3. The van der Waals surface area contributed by atoms with Gasteiger partial charge >= 0.3 is 0 Å². The van der Waals surface area contributed by atoms with Crippen molar-refractivity contribution in [3.8, 4) is 0 Å². The summed E-state index contributed by atoms with van der Waals surface area (Å²) in [7, 11) is 0. The lowest BCUT2D eigenvalue weighted by Crippen LogP contribution is -2.36. The molecule has 2 amide bonds. The Morgan fingerprint density at radius 1 is 1.35 bits per heavy atom. The minimum atomic E-state index is -0.330. The standard InChI is InChI=1S/C14H22N2O4/c1-14(2,6-8-17)10-16-12(18)5-7-15-13(19)11-4-3-9-20-11/h3-4,9,17H,5-8,10H2,1-2H3,(H,15,19)(H,16,18). The van der Waals surface area contributed by atoms with E-state index in [0.29, 0.717) is 13.0 Å². The van der Waals surface area contributed by atoms with Crippen LogP contribution in [-0.4, -0.2) is 36.6 Å². The molecule has 0 spiro atoms. The number of rotatable bonds is 8. The predicted molar refractivity (Wildman–Crippen MR) is 74.2 cm³/mol. The van der Waals surface area contributed by atoms with Crippen molar-refractivity contribution in [3.63, 3.8) is 0 Å². The van der Waals surface area contributed by atoms with E-state index in [1.807, 2.05) is 13.8 Å². The van der Waals surface area contributed by atoms with Crippen LogP contribution in [0, 0.1) is 5.41 Å². The van der Waals surface area contributed by atoms with Gasteiger partial charge in [0.2, 0.25) is 5.91 Å². The lowest BCUT2D eigenvalue weighted by Gasteiger charge is -2.23. The highest BCUT2D eigenvalue weighted by atomic mass is 16.3. The van der Waals surface area contributed by atoms with Crippen molar-refractivity contribution in [1.29, 1.82) is 0 Å². The van der Waals surface area contributed by atoms with Gasteiger partial charge < -0.3 is 20.2 Å². The van der Waals surface area contributed by atoms with E-state index in [0.717, 1.165) is 0 Å². The molecule has 0 unspecified atom stereocenters. The molecule has 1 aromatic heterocycles. The fourth-order valence-corrected chi connectivity index (χ4v) is 1.60. The number of carbonyl (C=O) groups excluding carboxylic acids is 2. The van der Waals surface area contributed by atoms with Gasteiger partial charge in [-0.05, 0) is 24.0 Å². The van der Waals surface area contributed by atoms with Crippen LogP contribution in [0.1, 0.15) is 37.2 Å². The molecule has 1 aromatic rings. The maximum atomic E-state index is 11.6. The van der Waals surface area contributed by atoms with Gasteiger partial charge in [0.25, 0.3) is 5.91 Å². The number of furan rings is 1. The number of aliphatic hydroxyl groups excluding tert-OH is 1. The van der Waals surface area contributed by atoms with Crippen molar-refractivity contribution in [3.05, 3.63) is 24.2 Å². The molecule has 0 atom stereocenters. The topological polar surface area (TPSA) is 91.6 Å². The number of amides is 2. The van der Waals surface area contributed by atoms with Gasteiger partial charge in [0, 0.05) is 26.1 Å². The minimum absolute atomic E-state index is 0.0993. The molecule has 0 aromatic carbocycles. The molecule has 0 radical (unpaired) electrons. The highest BCUT2D eigenvalue weighted by molar-refractivity contribution is 5.91. The van der Waals surface area contributed by atoms with Crippen molar-refractivity contribution < 1.29 is 19.1 Å². The van der Waals surface area contributed by atoms with Gasteiger partial charge in [-0.2, -0.15) is 0 Å². The Bertz CT molecular complexity index is 426. The molecule has 1 heterocycles. The molecule has 20 heavy (non-hydrogen) atoms. The quantitative estimate of drug-likeness (QED) is 0.661. The van der Waals surface area contributed by atoms with Crippen molar-refractivity contribution in [2.45, 2.75) is 26.7 Å². The van der Waals surface area contributed by atoms with Gasteiger partial charge in [0.05, 0.1) is 6.26 Å². The second kappa shape index (κ2) is 7.69. The zero-order valence-electron chi connectivity index (χ0n) is 11.9. The van der Waals surface area contributed by atoms with Gasteiger partial charge in [0.15, 0.2) is 5.76 Å². The van der Waals surface area contributed by atoms with E-state index in [4.69, 9.17) is 9.52 Å². The van der Waals surface area contributed by atoms with Crippen LogP contribution >= 0.6 is 0 Å². The Labute approximate surface area is 118 Å². The lowest BCUT2D eigenvalue weighted by atomic mass is 9.90. The Morgan fingerprint density at radius 3 is 2.70 bits per heavy atom. The molecule has 1 rings (SSSR count). The molecule has 6 nitrogen and oxygen atoms in total. The molecular formula is C14H22N2O4. The zero-order chi connectivity index (χ0) is 15.0. The maximum Gasteiger partial charge on any atom is 0.286 e. The van der Waals surface area contributed by atoms with Gasteiger partial charge in [-0.3, -0.25) is 9.59 Å². The van der Waals surface area contributed by atoms with Crippen LogP contribution in [0.15, 0.2) is 22.8 Å². The first kappa shape index (κ1) is 16.2. The highest BCUT2D eigenvalue weighted by Gasteiger charge is 2.18. The molecular weight excluding hydrogens is 260 g/mol. The Balaban J connectivity index is 2.19. The van der Waals surface area contributed by atoms with Crippen LogP contribution in [0.2, 0.25) is 0 Å². The van der Waals surface area contributed by atoms with E-state index in [-0.39, 0.29) is 42.6 Å². The van der Waals surface area contributed by atoms with Gasteiger partial charge in [-0.25, -0.2) is 0 Å². The minimum Gasteiger partial charge on any atom is -0.459 e. The summed E-state index contributed by atoms with van der Waals surface area (Å²) in [5.74, 6) is -0.228. The van der Waals surface area contributed by atoms with Crippen LogP contribution in [0.25, 0.3) is 0 Å². The smallest absolute Gasteiger partial charge is 0.286 e. The van der Waals surface area contributed by atoms with Crippen LogP contribution in [0.5, 0.6) is 0 Å². The monoisotopic (exact) mass is 282 g/mol. The molecule has 0 bridgehead atoms. The van der Waals surface area contributed by atoms with Crippen molar-refractivity contribution in [1.82, 2.24) is 10.6 Å². The van der Waals surface area contributed by atoms with Crippen molar-refractivity contribution in [2.24, 2.45) is 5.41 Å². The summed E-state index contributed by atoms with van der Waals surface area (Å²) in [6.45, 7) is 4.80. The first-order valence-electron chi connectivity index (χ1n) is 6.64. The average Bonchev–Trinajstić information content (AvgIpc) is 2.90. The molecule has 0 aliphatic carbocycles. The molecule has 0 aliphatic heterocycles. The Morgan fingerprint density at radius 2 is 2.10 bits per heavy atom. The molecule has 6 heteroatoms. The average molecular weight is 282 g/mol. The number of carbonyl (C=O) groups is 2. The van der Waals surface area contributed by atoms with E-state index in [1.165, 1.54) is 6.26 Å². The first-order valence-corrected chi connectivity index (χ1v) is 6.64. The summed E-state index contributed by atoms with van der Waals surface area (Å²) in [6.07, 6.45) is 2.26. The molecule has 0 saturated heterocycles. The summed E-state index contributed by atoms with van der Waals surface area (Å²) in [6, 6.07) is 3.19. The van der Waals surface area contributed by atoms with Crippen LogP contribution in [0.4, 0.5) is 0 Å². The molecule has 112 valence electrons. The Kier molecular flexibility index (Phi) is 6.24. The van der Waals surface area contributed by atoms with E-state index in [2.05, 4.69) is 10.6 Å². The van der Waals surface area contributed by atoms with E-state index in [1.54, 1.807) is 12.1 Å². The van der Waals surface area contributed by atoms with Gasteiger partial charge in [-0.15, -0.1) is 0 Å². The summed E-state index contributed by atoms with van der Waals surface area (Å²) in [4.78, 5) is 23.1. The van der Waals surface area contributed by atoms with Gasteiger partial charge in [-0.1, -0.05) is 13.8 Å². The van der Waals surface area contributed by atoms with Crippen LogP contribution in [0.3, 0.4) is 0 Å². The van der Waals surface area contributed by atoms with Crippen LogP contribution < -0.4 is 10.6 Å². The lowest BCUT2D eigenvalue weighted by molar-refractivity contribution is -0.121. The Hall–Kier alpha value is -1.82.